The van der Waals surface area contributed by atoms with E-state index in [9.17, 15) is 0 Å². The van der Waals surface area contributed by atoms with E-state index in [1.807, 2.05) is 12.1 Å². The fourth-order valence-corrected chi connectivity index (χ4v) is 2.14. The standard InChI is InChI=1S/C14H24N2O/c1-2-8-16(12-13-5-6-13)9-7-15-11-14-4-3-10-17-14/h3-4,10,13,15H,2,5-9,11-12H2,1H3. The molecule has 96 valence electrons. The molecule has 0 radical (unpaired) electrons. The van der Waals surface area contributed by atoms with E-state index in [0.717, 1.165) is 31.3 Å². The highest BCUT2D eigenvalue weighted by Crippen LogP contribution is 2.29. The first-order valence-electron chi connectivity index (χ1n) is 6.84. The molecule has 0 bridgehead atoms. The van der Waals surface area contributed by atoms with Crippen molar-refractivity contribution in [3.63, 3.8) is 0 Å². The zero-order valence-electron chi connectivity index (χ0n) is 10.8. The molecule has 1 aliphatic carbocycles. The third-order valence-corrected chi connectivity index (χ3v) is 3.24. The van der Waals surface area contributed by atoms with E-state index >= 15 is 0 Å². The van der Waals surface area contributed by atoms with E-state index in [2.05, 4.69) is 17.1 Å². The third-order valence-electron chi connectivity index (χ3n) is 3.24. The van der Waals surface area contributed by atoms with E-state index < -0.39 is 0 Å². The van der Waals surface area contributed by atoms with Gasteiger partial charge in [0.15, 0.2) is 0 Å². The van der Waals surface area contributed by atoms with E-state index in [4.69, 9.17) is 4.42 Å². The first-order valence-corrected chi connectivity index (χ1v) is 6.84. The topological polar surface area (TPSA) is 28.4 Å². The smallest absolute Gasteiger partial charge is 0.117 e. The van der Waals surface area contributed by atoms with Gasteiger partial charge in [0, 0.05) is 19.6 Å². The van der Waals surface area contributed by atoms with Crippen molar-refractivity contribution in [3.05, 3.63) is 24.2 Å². The highest BCUT2D eigenvalue weighted by molar-refractivity contribution is 4.97. The molecule has 3 nitrogen and oxygen atoms in total. The Morgan fingerprint density at radius 1 is 1.41 bits per heavy atom. The second-order valence-corrected chi connectivity index (χ2v) is 5.00. The van der Waals surface area contributed by atoms with Gasteiger partial charge in [-0.3, -0.25) is 0 Å². The Morgan fingerprint density at radius 3 is 2.94 bits per heavy atom. The summed E-state index contributed by atoms with van der Waals surface area (Å²) in [6.07, 6.45) is 5.87. The van der Waals surface area contributed by atoms with Gasteiger partial charge in [-0.05, 0) is 43.9 Å². The van der Waals surface area contributed by atoms with Gasteiger partial charge >= 0.3 is 0 Å². The molecule has 0 aromatic carbocycles. The molecule has 3 heteroatoms. The molecule has 2 rings (SSSR count). The van der Waals surface area contributed by atoms with E-state index in [1.165, 1.54) is 32.4 Å². The summed E-state index contributed by atoms with van der Waals surface area (Å²) >= 11 is 0. The van der Waals surface area contributed by atoms with Gasteiger partial charge in [-0.25, -0.2) is 0 Å². The predicted molar refractivity (Wildman–Crippen MR) is 69.9 cm³/mol. The van der Waals surface area contributed by atoms with Crippen LogP contribution in [0.5, 0.6) is 0 Å². The van der Waals surface area contributed by atoms with Crippen LogP contribution in [0, 0.1) is 5.92 Å². The Kier molecular flexibility index (Phi) is 5.08. The van der Waals surface area contributed by atoms with Crippen molar-refractivity contribution >= 4 is 0 Å². The van der Waals surface area contributed by atoms with Crippen LogP contribution in [0.4, 0.5) is 0 Å². The Hall–Kier alpha value is -0.800. The molecule has 1 N–H and O–H groups in total. The van der Waals surface area contributed by atoms with Crippen LogP contribution in [-0.4, -0.2) is 31.1 Å². The van der Waals surface area contributed by atoms with Crippen LogP contribution in [0.15, 0.2) is 22.8 Å². The molecular formula is C14H24N2O. The van der Waals surface area contributed by atoms with Crippen LogP contribution in [0.3, 0.4) is 0 Å². The highest BCUT2D eigenvalue weighted by Gasteiger charge is 2.23. The lowest BCUT2D eigenvalue weighted by Gasteiger charge is -2.21. The van der Waals surface area contributed by atoms with Crippen molar-refractivity contribution in [3.8, 4) is 0 Å². The molecule has 0 saturated heterocycles. The van der Waals surface area contributed by atoms with Crippen molar-refractivity contribution in [1.82, 2.24) is 10.2 Å². The Balaban J connectivity index is 1.57. The molecule has 0 aliphatic heterocycles. The van der Waals surface area contributed by atoms with Gasteiger partial charge in [-0.2, -0.15) is 0 Å². The highest BCUT2D eigenvalue weighted by atomic mass is 16.3. The van der Waals surface area contributed by atoms with Crippen LogP contribution < -0.4 is 5.32 Å². The zero-order valence-corrected chi connectivity index (χ0v) is 10.8. The molecule has 0 amide bonds. The lowest BCUT2D eigenvalue weighted by atomic mass is 10.3. The van der Waals surface area contributed by atoms with Crippen LogP contribution in [0.1, 0.15) is 31.9 Å². The molecule has 0 spiro atoms. The quantitative estimate of drug-likeness (QED) is 0.668. The number of rotatable bonds is 9. The summed E-state index contributed by atoms with van der Waals surface area (Å²) in [7, 11) is 0. The average molecular weight is 236 g/mol. The fraction of sp³-hybridized carbons (Fsp3) is 0.714. The number of furan rings is 1. The van der Waals surface area contributed by atoms with Crippen LogP contribution >= 0.6 is 0 Å². The summed E-state index contributed by atoms with van der Waals surface area (Å²) < 4.78 is 5.29. The second-order valence-electron chi connectivity index (χ2n) is 5.00. The summed E-state index contributed by atoms with van der Waals surface area (Å²) in [6.45, 7) is 7.85. The van der Waals surface area contributed by atoms with E-state index in [0.29, 0.717) is 0 Å². The molecule has 1 aromatic heterocycles. The summed E-state index contributed by atoms with van der Waals surface area (Å²) in [4.78, 5) is 2.59. The predicted octanol–water partition coefficient (Wildman–Crippen LogP) is 2.49. The van der Waals surface area contributed by atoms with E-state index in [-0.39, 0.29) is 0 Å². The largest absolute Gasteiger partial charge is 0.468 e. The van der Waals surface area contributed by atoms with Crippen molar-refractivity contribution < 1.29 is 4.42 Å². The maximum absolute atomic E-state index is 5.29. The first-order chi connectivity index (χ1) is 8.38. The lowest BCUT2D eigenvalue weighted by molar-refractivity contribution is 0.261. The van der Waals surface area contributed by atoms with Crippen molar-refractivity contribution in [2.24, 2.45) is 5.92 Å². The molecule has 17 heavy (non-hydrogen) atoms. The van der Waals surface area contributed by atoms with E-state index in [1.54, 1.807) is 6.26 Å². The van der Waals surface area contributed by atoms with Crippen LogP contribution in [0.25, 0.3) is 0 Å². The molecular weight excluding hydrogens is 212 g/mol. The number of hydrogen-bond donors (Lipinski definition) is 1. The van der Waals surface area contributed by atoms with Gasteiger partial charge in [0.05, 0.1) is 12.8 Å². The number of hydrogen-bond acceptors (Lipinski definition) is 3. The minimum atomic E-state index is 0.844. The van der Waals surface area contributed by atoms with Gasteiger partial charge in [-0.15, -0.1) is 0 Å². The van der Waals surface area contributed by atoms with Crippen molar-refractivity contribution in [1.29, 1.82) is 0 Å². The first kappa shape index (κ1) is 12.7. The van der Waals surface area contributed by atoms with Crippen LogP contribution in [0.2, 0.25) is 0 Å². The summed E-state index contributed by atoms with van der Waals surface area (Å²) in [5.74, 6) is 2.01. The maximum atomic E-state index is 5.29. The fourth-order valence-electron chi connectivity index (χ4n) is 2.14. The molecule has 1 saturated carbocycles. The molecule has 1 fully saturated rings. The average Bonchev–Trinajstić information content (AvgIpc) is 2.98. The van der Waals surface area contributed by atoms with Gasteiger partial charge in [0.25, 0.3) is 0 Å². The SMILES string of the molecule is CCCN(CCNCc1ccco1)CC1CC1. The van der Waals surface area contributed by atoms with Crippen LogP contribution in [-0.2, 0) is 6.54 Å². The lowest BCUT2D eigenvalue weighted by Crippen LogP contribution is -2.34. The molecule has 1 aromatic rings. The number of nitrogens with zero attached hydrogens (tertiary/aromatic N) is 1. The molecule has 1 aliphatic rings. The molecule has 0 unspecified atom stereocenters. The zero-order chi connectivity index (χ0) is 11.9. The Morgan fingerprint density at radius 2 is 2.29 bits per heavy atom. The molecule has 0 atom stereocenters. The minimum absolute atomic E-state index is 0.844. The summed E-state index contributed by atoms with van der Waals surface area (Å²) in [6, 6.07) is 3.95. The maximum Gasteiger partial charge on any atom is 0.117 e. The molecule has 1 heterocycles. The van der Waals surface area contributed by atoms with Crippen molar-refractivity contribution in [2.45, 2.75) is 32.7 Å². The Bertz CT molecular complexity index is 293. The monoisotopic (exact) mass is 236 g/mol. The van der Waals surface area contributed by atoms with Gasteiger partial charge in [0.1, 0.15) is 5.76 Å². The summed E-state index contributed by atoms with van der Waals surface area (Å²) in [5.41, 5.74) is 0. The van der Waals surface area contributed by atoms with Gasteiger partial charge < -0.3 is 14.6 Å². The minimum Gasteiger partial charge on any atom is -0.468 e. The Labute approximate surface area is 104 Å². The van der Waals surface area contributed by atoms with Crippen molar-refractivity contribution in [2.75, 3.05) is 26.2 Å². The normalized spacial score (nSPS) is 15.6. The van der Waals surface area contributed by atoms with Gasteiger partial charge in [-0.1, -0.05) is 6.92 Å². The number of nitrogens with one attached hydrogen (secondary N) is 1. The van der Waals surface area contributed by atoms with Gasteiger partial charge in [0.2, 0.25) is 0 Å². The summed E-state index contributed by atoms with van der Waals surface area (Å²) in [5, 5.41) is 3.43. The third kappa shape index (κ3) is 4.92. The second kappa shape index (κ2) is 6.82.